The molecule has 4 N–H and O–H groups in total. The van der Waals surface area contributed by atoms with Crippen LogP contribution in [0.4, 0.5) is 8.78 Å². The first-order chi connectivity index (χ1) is 23.0. The highest BCUT2D eigenvalue weighted by Crippen LogP contribution is 2.43. The highest BCUT2D eigenvalue weighted by Gasteiger charge is 2.52. The van der Waals surface area contributed by atoms with E-state index in [0.717, 1.165) is 12.8 Å². The Kier molecular flexibility index (Phi) is 13.7. The summed E-state index contributed by atoms with van der Waals surface area (Å²) in [6, 6.07) is -5.05. The van der Waals surface area contributed by atoms with Crippen LogP contribution in [0, 0.1) is 23.2 Å². The number of alkyl halides is 2. The zero-order valence-corrected chi connectivity index (χ0v) is 29.4. The number of carbonyl (C=O) groups excluding carboxylic acids is 6. The maximum absolute atomic E-state index is 14.4. The van der Waals surface area contributed by atoms with Gasteiger partial charge in [0, 0.05) is 31.4 Å². The molecule has 2 fully saturated rings. The topological polar surface area (TPSA) is 180 Å². The standard InChI is InChI=1S/C34H51F2N7O6/c1-8-19(4)39-32(48)27(44)22(12-13-24(35)36)40-31(47)26-21-11-9-10-20(21)17-43(26)33(49)28(34(5,6)7)42-30(46)25(18(2)3)41-29(45)23-16-37-14-15-38-23/h14-16,18-22,24-26,28H,8-13,17H2,1-7H3,(H,39,48)(H,40,47)(H,41,45)(H,42,46)/t19-,20-,21-,22?,25+,26?,28?/m0/s1. The third kappa shape index (κ3) is 10.2. The summed E-state index contributed by atoms with van der Waals surface area (Å²) in [4.78, 5) is 90.0. The van der Waals surface area contributed by atoms with Gasteiger partial charge in [0.2, 0.25) is 29.9 Å². The molecule has 272 valence electrons. The number of amides is 5. The molecular weight excluding hydrogens is 640 g/mol. The van der Waals surface area contributed by atoms with Gasteiger partial charge in [-0.05, 0) is 55.8 Å². The van der Waals surface area contributed by atoms with Crippen molar-refractivity contribution in [1.82, 2.24) is 36.1 Å². The number of hydrogen-bond acceptors (Lipinski definition) is 8. The van der Waals surface area contributed by atoms with E-state index in [1.807, 2.05) is 0 Å². The first-order valence-corrected chi connectivity index (χ1v) is 17.1. The first-order valence-electron chi connectivity index (χ1n) is 17.1. The largest absolute Gasteiger partial charge is 0.347 e. The van der Waals surface area contributed by atoms with Gasteiger partial charge in [0.15, 0.2) is 0 Å². The van der Waals surface area contributed by atoms with Crippen LogP contribution in [0.1, 0.15) is 97.5 Å². The summed E-state index contributed by atoms with van der Waals surface area (Å²) in [7, 11) is 0. The lowest BCUT2D eigenvalue weighted by Crippen LogP contribution is -2.62. The van der Waals surface area contributed by atoms with Gasteiger partial charge >= 0.3 is 0 Å². The van der Waals surface area contributed by atoms with Crippen molar-refractivity contribution in [3.05, 3.63) is 24.3 Å². The predicted octanol–water partition coefficient (Wildman–Crippen LogP) is 2.40. The van der Waals surface area contributed by atoms with Gasteiger partial charge in [0.1, 0.15) is 23.8 Å². The van der Waals surface area contributed by atoms with Crippen molar-refractivity contribution in [2.75, 3.05) is 6.54 Å². The summed E-state index contributed by atoms with van der Waals surface area (Å²) in [5.41, 5.74) is -0.823. The van der Waals surface area contributed by atoms with E-state index in [9.17, 15) is 37.5 Å². The lowest BCUT2D eigenvalue weighted by molar-refractivity contribution is -0.146. The molecular formula is C34H51F2N7O6. The molecule has 1 saturated carbocycles. The third-order valence-corrected chi connectivity index (χ3v) is 9.39. The van der Waals surface area contributed by atoms with Crippen LogP contribution < -0.4 is 21.3 Å². The minimum Gasteiger partial charge on any atom is -0.347 e. The smallest absolute Gasteiger partial charge is 0.289 e. The monoisotopic (exact) mass is 691 g/mol. The summed E-state index contributed by atoms with van der Waals surface area (Å²) in [6.07, 6.45) is 2.86. The van der Waals surface area contributed by atoms with Crippen LogP contribution in [0.5, 0.6) is 0 Å². The molecule has 7 atom stereocenters. The molecule has 1 aromatic heterocycles. The summed E-state index contributed by atoms with van der Waals surface area (Å²) in [5, 5.41) is 10.6. The van der Waals surface area contributed by atoms with Gasteiger partial charge in [0.25, 0.3) is 11.8 Å². The molecule has 3 rings (SSSR count). The van der Waals surface area contributed by atoms with Crippen LogP contribution in [0.2, 0.25) is 0 Å². The van der Waals surface area contributed by atoms with E-state index in [1.54, 1.807) is 48.5 Å². The predicted molar refractivity (Wildman–Crippen MR) is 176 cm³/mol. The summed E-state index contributed by atoms with van der Waals surface area (Å²) in [5.74, 6) is -5.11. The second kappa shape index (κ2) is 17.1. The number of carbonyl (C=O) groups is 6. The number of likely N-dealkylation sites (tertiary alicyclic amines) is 1. The molecule has 1 aromatic rings. The maximum Gasteiger partial charge on any atom is 0.289 e. The Balaban J connectivity index is 1.87. The van der Waals surface area contributed by atoms with Gasteiger partial charge in [0.05, 0.1) is 12.2 Å². The molecule has 15 heteroatoms. The molecule has 0 radical (unpaired) electrons. The second-order valence-corrected chi connectivity index (χ2v) is 14.6. The number of hydrogen-bond donors (Lipinski definition) is 4. The van der Waals surface area contributed by atoms with E-state index in [0.29, 0.717) is 12.8 Å². The van der Waals surface area contributed by atoms with E-state index in [2.05, 4.69) is 31.2 Å². The van der Waals surface area contributed by atoms with Crippen molar-refractivity contribution in [3.63, 3.8) is 0 Å². The summed E-state index contributed by atoms with van der Waals surface area (Å²) >= 11 is 0. The average Bonchev–Trinajstić information content (AvgIpc) is 3.64. The van der Waals surface area contributed by atoms with E-state index >= 15 is 0 Å². The van der Waals surface area contributed by atoms with Crippen molar-refractivity contribution in [2.45, 2.75) is 124 Å². The molecule has 1 saturated heterocycles. The zero-order chi connectivity index (χ0) is 36.6. The van der Waals surface area contributed by atoms with Crippen molar-refractivity contribution >= 4 is 35.3 Å². The lowest BCUT2D eigenvalue weighted by atomic mass is 9.85. The Morgan fingerprint density at radius 2 is 1.65 bits per heavy atom. The Bertz CT molecular complexity index is 1360. The quantitative estimate of drug-likeness (QED) is 0.203. The van der Waals surface area contributed by atoms with Gasteiger partial charge in [-0.1, -0.05) is 48.0 Å². The van der Waals surface area contributed by atoms with Crippen LogP contribution in [-0.4, -0.2) is 93.4 Å². The van der Waals surface area contributed by atoms with Crippen LogP contribution in [-0.2, 0) is 24.0 Å². The second-order valence-electron chi connectivity index (χ2n) is 14.6. The van der Waals surface area contributed by atoms with E-state index in [1.165, 1.54) is 23.5 Å². The zero-order valence-electron chi connectivity index (χ0n) is 29.4. The van der Waals surface area contributed by atoms with Crippen LogP contribution >= 0.6 is 0 Å². The molecule has 13 nitrogen and oxygen atoms in total. The number of nitrogens with zero attached hydrogens (tertiary/aromatic N) is 3. The lowest BCUT2D eigenvalue weighted by Gasteiger charge is -2.37. The molecule has 1 aliphatic heterocycles. The van der Waals surface area contributed by atoms with Crippen LogP contribution in [0.25, 0.3) is 0 Å². The van der Waals surface area contributed by atoms with Gasteiger partial charge in [-0.3, -0.25) is 33.8 Å². The van der Waals surface area contributed by atoms with Crippen molar-refractivity contribution < 1.29 is 37.5 Å². The number of nitrogens with one attached hydrogen (secondary N) is 4. The highest BCUT2D eigenvalue weighted by atomic mass is 19.3. The van der Waals surface area contributed by atoms with Crippen molar-refractivity contribution in [3.8, 4) is 0 Å². The molecule has 49 heavy (non-hydrogen) atoms. The molecule has 2 heterocycles. The molecule has 0 spiro atoms. The van der Waals surface area contributed by atoms with E-state index in [4.69, 9.17) is 0 Å². The van der Waals surface area contributed by atoms with Gasteiger partial charge in [-0.25, -0.2) is 13.8 Å². The van der Waals surface area contributed by atoms with E-state index < -0.39 is 84.2 Å². The van der Waals surface area contributed by atoms with Crippen LogP contribution in [0.15, 0.2) is 18.6 Å². The fourth-order valence-corrected chi connectivity index (χ4v) is 6.46. The normalized spacial score (nSPS) is 21.4. The number of halogens is 2. The molecule has 3 unspecified atom stereocenters. The van der Waals surface area contributed by atoms with Gasteiger partial charge in [-0.2, -0.15) is 0 Å². The summed E-state index contributed by atoms with van der Waals surface area (Å²) < 4.78 is 26.5. The first kappa shape index (κ1) is 39.4. The Labute approximate surface area is 286 Å². The SMILES string of the molecule is CC[C@H](C)NC(=O)C(=O)C(CCC(F)F)NC(=O)C1[C@H]2CCC[C@H]2CN1C(=O)C(NC(=O)[C@H](NC(=O)c1cnccn1)C(C)C)C(C)(C)C. The van der Waals surface area contributed by atoms with Crippen LogP contribution in [0.3, 0.4) is 0 Å². The molecule has 5 amide bonds. The molecule has 2 aliphatic rings. The number of Topliss-reactive ketones (excluding diaryl/α,β-unsaturated/α-hetero) is 1. The number of fused-ring (bicyclic) bond motifs is 1. The molecule has 0 bridgehead atoms. The van der Waals surface area contributed by atoms with Gasteiger partial charge in [-0.15, -0.1) is 0 Å². The minimum atomic E-state index is -2.76. The number of rotatable bonds is 15. The fourth-order valence-electron chi connectivity index (χ4n) is 6.46. The fraction of sp³-hybridized carbons (Fsp3) is 0.706. The Hall–Kier alpha value is -4.04. The molecule has 0 aromatic carbocycles. The third-order valence-electron chi connectivity index (χ3n) is 9.39. The number of aromatic nitrogens is 2. The van der Waals surface area contributed by atoms with Gasteiger partial charge < -0.3 is 26.2 Å². The van der Waals surface area contributed by atoms with Crippen molar-refractivity contribution in [1.29, 1.82) is 0 Å². The molecule has 1 aliphatic carbocycles. The number of ketones is 1. The Morgan fingerprint density at radius 3 is 2.22 bits per heavy atom. The maximum atomic E-state index is 14.4. The average molecular weight is 692 g/mol. The Morgan fingerprint density at radius 1 is 0.959 bits per heavy atom. The van der Waals surface area contributed by atoms with E-state index in [-0.39, 0.29) is 36.0 Å². The van der Waals surface area contributed by atoms with Crippen molar-refractivity contribution in [2.24, 2.45) is 23.2 Å². The minimum absolute atomic E-state index is 0.0181. The summed E-state index contributed by atoms with van der Waals surface area (Å²) in [6.45, 7) is 12.5. The highest BCUT2D eigenvalue weighted by molar-refractivity contribution is 6.38.